The lowest BCUT2D eigenvalue weighted by Crippen LogP contribution is -2.28. The van der Waals surface area contributed by atoms with Gasteiger partial charge in [-0.15, -0.1) is 0 Å². The van der Waals surface area contributed by atoms with Crippen LogP contribution in [0.5, 0.6) is 11.5 Å². The Hall–Kier alpha value is -2.44. The van der Waals surface area contributed by atoms with Gasteiger partial charge in [-0.1, -0.05) is 35.9 Å². The SMILES string of the molecule is CCN=C1S/C(=C/c2ccc(OCc3ccccc3Cl)c(OC)c2)C(=O)N1CC. The molecule has 1 aliphatic heterocycles. The average Bonchev–Trinajstić information content (AvgIpc) is 3.02. The van der Waals surface area contributed by atoms with E-state index in [1.54, 1.807) is 12.0 Å². The summed E-state index contributed by atoms with van der Waals surface area (Å²) in [5, 5.41) is 1.41. The summed E-state index contributed by atoms with van der Waals surface area (Å²) < 4.78 is 11.4. The first-order valence-corrected chi connectivity index (χ1v) is 10.6. The Kier molecular flexibility index (Phi) is 7.23. The number of amidine groups is 1. The second-order valence-corrected chi connectivity index (χ2v) is 7.62. The van der Waals surface area contributed by atoms with Crippen LogP contribution in [0.15, 0.2) is 52.4 Å². The number of aliphatic imine (C=N–C) groups is 1. The molecule has 0 atom stereocenters. The smallest absolute Gasteiger partial charge is 0.266 e. The van der Waals surface area contributed by atoms with Gasteiger partial charge in [-0.3, -0.25) is 14.7 Å². The van der Waals surface area contributed by atoms with E-state index in [0.29, 0.717) is 41.1 Å². The van der Waals surface area contributed by atoms with Crippen LogP contribution < -0.4 is 9.47 Å². The van der Waals surface area contributed by atoms with Crippen LogP contribution in [0.4, 0.5) is 0 Å². The summed E-state index contributed by atoms with van der Waals surface area (Å²) in [4.78, 5) is 19.4. The number of ether oxygens (including phenoxy) is 2. The van der Waals surface area contributed by atoms with Crippen molar-refractivity contribution < 1.29 is 14.3 Å². The number of methoxy groups -OCH3 is 1. The summed E-state index contributed by atoms with van der Waals surface area (Å²) in [5.41, 5.74) is 1.76. The van der Waals surface area contributed by atoms with E-state index in [1.165, 1.54) is 11.8 Å². The van der Waals surface area contributed by atoms with Crippen LogP contribution in [0.2, 0.25) is 5.02 Å². The number of benzene rings is 2. The van der Waals surface area contributed by atoms with E-state index in [4.69, 9.17) is 21.1 Å². The van der Waals surface area contributed by atoms with Gasteiger partial charge in [0.1, 0.15) is 6.61 Å². The zero-order chi connectivity index (χ0) is 20.8. The quantitative estimate of drug-likeness (QED) is 0.563. The second-order valence-electron chi connectivity index (χ2n) is 6.21. The summed E-state index contributed by atoms with van der Waals surface area (Å²) >= 11 is 7.59. The molecule has 7 heteroatoms. The van der Waals surface area contributed by atoms with Crippen LogP contribution in [0, 0.1) is 0 Å². The minimum atomic E-state index is -0.0253. The van der Waals surface area contributed by atoms with Gasteiger partial charge in [-0.2, -0.15) is 0 Å². The standard InChI is InChI=1S/C22H23ClN2O3S/c1-4-24-22-25(5-2)21(26)20(29-22)13-15-10-11-18(19(12-15)27-3)28-14-16-8-6-7-9-17(16)23/h6-13H,4-5,14H2,1-3H3/b20-13+,24-22?. The first kappa shape index (κ1) is 21.3. The second kappa shape index (κ2) is 9.85. The van der Waals surface area contributed by atoms with E-state index in [1.807, 2.05) is 62.4 Å². The normalized spacial score (nSPS) is 16.7. The van der Waals surface area contributed by atoms with E-state index >= 15 is 0 Å². The Labute approximate surface area is 180 Å². The van der Waals surface area contributed by atoms with Crippen molar-refractivity contribution in [3.05, 3.63) is 63.5 Å². The summed E-state index contributed by atoms with van der Waals surface area (Å²) in [5.74, 6) is 1.18. The minimum absolute atomic E-state index is 0.0253. The molecule has 0 saturated carbocycles. The van der Waals surface area contributed by atoms with Crippen LogP contribution in [0.25, 0.3) is 6.08 Å². The van der Waals surface area contributed by atoms with E-state index in [0.717, 1.165) is 16.3 Å². The van der Waals surface area contributed by atoms with E-state index in [2.05, 4.69) is 4.99 Å². The molecule has 0 spiro atoms. The van der Waals surface area contributed by atoms with E-state index in [-0.39, 0.29) is 5.91 Å². The number of thioether (sulfide) groups is 1. The number of likely N-dealkylation sites (N-methyl/N-ethyl adjacent to an activating group) is 1. The molecule has 5 nitrogen and oxygen atoms in total. The zero-order valence-electron chi connectivity index (χ0n) is 16.6. The van der Waals surface area contributed by atoms with E-state index in [9.17, 15) is 4.79 Å². The lowest BCUT2D eigenvalue weighted by Gasteiger charge is -2.12. The van der Waals surface area contributed by atoms with Crippen molar-refractivity contribution in [2.24, 2.45) is 4.99 Å². The third-order valence-electron chi connectivity index (χ3n) is 4.32. The highest BCUT2D eigenvalue weighted by molar-refractivity contribution is 8.18. The van der Waals surface area contributed by atoms with Gasteiger partial charge >= 0.3 is 0 Å². The number of hydrogen-bond acceptors (Lipinski definition) is 5. The first-order chi connectivity index (χ1) is 14.1. The number of halogens is 1. The lowest BCUT2D eigenvalue weighted by atomic mass is 10.1. The average molecular weight is 431 g/mol. The van der Waals surface area contributed by atoms with Crippen molar-refractivity contribution in [2.75, 3.05) is 20.2 Å². The molecule has 0 bridgehead atoms. The Morgan fingerprint density at radius 2 is 1.97 bits per heavy atom. The zero-order valence-corrected chi connectivity index (χ0v) is 18.2. The Balaban J connectivity index is 1.80. The summed E-state index contributed by atoms with van der Waals surface area (Å²) in [7, 11) is 1.59. The topological polar surface area (TPSA) is 51.1 Å². The van der Waals surface area contributed by atoms with Gasteiger partial charge in [0.05, 0.1) is 12.0 Å². The highest BCUT2D eigenvalue weighted by atomic mass is 35.5. The van der Waals surface area contributed by atoms with Crippen molar-refractivity contribution in [1.82, 2.24) is 4.90 Å². The Morgan fingerprint density at radius 3 is 2.66 bits per heavy atom. The third-order valence-corrected chi connectivity index (χ3v) is 5.74. The molecule has 0 radical (unpaired) electrons. The van der Waals surface area contributed by atoms with Crippen molar-refractivity contribution in [1.29, 1.82) is 0 Å². The molecule has 0 unspecified atom stereocenters. The van der Waals surface area contributed by atoms with Crippen molar-refractivity contribution >= 4 is 40.5 Å². The molecule has 0 N–H and O–H groups in total. The monoisotopic (exact) mass is 430 g/mol. The molecule has 29 heavy (non-hydrogen) atoms. The van der Waals surface area contributed by atoms with Crippen LogP contribution in [-0.2, 0) is 11.4 Å². The fourth-order valence-electron chi connectivity index (χ4n) is 2.86. The highest BCUT2D eigenvalue weighted by Crippen LogP contribution is 2.35. The van der Waals surface area contributed by atoms with Crippen molar-refractivity contribution in [3.8, 4) is 11.5 Å². The molecule has 0 aliphatic carbocycles. The summed E-state index contributed by atoms with van der Waals surface area (Å²) in [6.07, 6.45) is 1.86. The van der Waals surface area contributed by atoms with Gasteiger partial charge in [0, 0.05) is 23.7 Å². The largest absolute Gasteiger partial charge is 0.493 e. The van der Waals surface area contributed by atoms with Gasteiger partial charge in [0.2, 0.25) is 0 Å². The fraction of sp³-hybridized carbons (Fsp3) is 0.273. The molecule has 1 saturated heterocycles. The van der Waals surface area contributed by atoms with Crippen molar-refractivity contribution in [3.63, 3.8) is 0 Å². The van der Waals surface area contributed by atoms with Gasteiger partial charge in [-0.25, -0.2) is 0 Å². The maximum absolute atomic E-state index is 12.6. The summed E-state index contributed by atoms with van der Waals surface area (Å²) in [6, 6.07) is 13.1. The molecule has 1 amide bonds. The molecule has 152 valence electrons. The number of rotatable bonds is 7. The maximum atomic E-state index is 12.6. The number of carbonyl (C=O) groups is 1. The molecular weight excluding hydrogens is 408 g/mol. The maximum Gasteiger partial charge on any atom is 0.266 e. The first-order valence-electron chi connectivity index (χ1n) is 9.37. The van der Waals surface area contributed by atoms with Crippen LogP contribution >= 0.6 is 23.4 Å². The molecule has 3 rings (SSSR count). The van der Waals surface area contributed by atoms with Crippen LogP contribution in [0.1, 0.15) is 25.0 Å². The molecule has 0 aromatic heterocycles. The Bertz CT molecular complexity index is 959. The van der Waals surface area contributed by atoms with Gasteiger partial charge in [0.25, 0.3) is 5.91 Å². The lowest BCUT2D eigenvalue weighted by molar-refractivity contribution is -0.122. The third kappa shape index (κ3) is 4.95. The Morgan fingerprint density at radius 1 is 1.17 bits per heavy atom. The molecule has 2 aromatic rings. The fourth-order valence-corrected chi connectivity index (χ4v) is 4.15. The van der Waals surface area contributed by atoms with E-state index < -0.39 is 0 Å². The molecule has 1 fully saturated rings. The molecule has 1 aliphatic rings. The molecular formula is C22H23ClN2O3S. The number of nitrogens with zero attached hydrogens (tertiary/aromatic N) is 2. The van der Waals surface area contributed by atoms with Crippen molar-refractivity contribution in [2.45, 2.75) is 20.5 Å². The van der Waals surface area contributed by atoms with Gasteiger partial charge in [0.15, 0.2) is 16.7 Å². The number of amides is 1. The molecule has 2 aromatic carbocycles. The van der Waals surface area contributed by atoms with Gasteiger partial charge < -0.3 is 9.47 Å². The predicted molar refractivity (Wildman–Crippen MR) is 120 cm³/mol. The van der Waals surface area contributed by atoms with Crippen LogP contribution in [-0.4, -0.2) is 36.2 Å². The summed E-state index contributed by atoms with van der Waals surface area (Å²) in [6.45, 7) is 5.48. The highest BCUT2D eigenvalue weighted by Gasteiger charge is 2.31. The minimum Gasteiger partial charge on any atom is -0.493 e. The predicted octanol–water partition coefficient (Wildman–Crippen LogP) is 5.24. The molecule has 1 heterocycles. The van der Waals surface area contributed by atoms with Gasteiger partial charge in [-0.05, 0) is 55.4 Å². The number of carbonyl (C=O) groups excluding carboxylic acids is 1. The number of hydrogen-bond donors (Lipinski definition) is 0. The van der Waals surface area contributed by atoms with Crippen LogP contribution in [0.3, 0.4) is 0 Å².